The summed E-state index contributed by atoms with van der Waals surface area (Å²) in [6, 6.07) is 8.13. The molecule has 3 rings (SSSR count). The summed E-state index contributed by atoms with van der Waals surface area (Å²) in [4.78, 5) is 0. The highest BCUT2D eigenvalue weighted by Gasteiger charge is 2.22. The van der Waals surface area contributed by atoms with Gasteiger partial charge in [0, 0.05) is 18.5 Å². The molecule has 0 aliphatic carbocycles. The van der Waals surface area contributed by atoms with E-state index in [2.05, 4.69) is 22.4 Å². The highest BCUT2D eigenvalue weighted by atomic mass is 16.5. The van der Waals surface area contributed by atoms with Crippen molar-refractivity contribution in [1.82, 2.24) is 15.0 Å². The Balaban J connectivity index is 1.80. The van der Waals surface area contributed by atoms with Gasteiger partial charge in [-0.2, -0.15) is 0 Å². The van der Waals surface area contributed by atoms with Crippen molar-refractivity contribution in [2.45, 2.75) is 31.8 Å². The van der Waals surface area contributed by atoms with Crippen LogP contribution in [0.5, 0.6) is 5.75 Å². The van der Waals surface area contributed by atoms with E-state index in [0.717, 1.165) is 31.0 Å². The first-order valence-electron chi connectivity index (χ1n) is 6.61. The molecule has 1 aromatic heterocycles. The second-order valence-corrected chi connectivity index (χ2v) is 5.03. The van der Waals surface area contributed by atoms with Crippen molar-refractivity contribution < 1.29 is 4.74 Å². The van der Waals surface area contributed by atoms with Crippen molar-refractivity contribution in [2.24, 2.45) is 5.73 Å². The van der Waals surface area contributed by atoms with Crippen molar-refractivity contribution in [3.8, 4) is 5.75 Å². The van der Waals surface area contributed by atoms with Crippen LogP contribution in [0.1, 0.15) is 36.6 Å². The van der Waals surface area contributed by atoms with E-state index in [1.807, 2.05) is 29.9 Å². The molecule has 0 bridgehead atoms. The Morgan fingerprint density at radius 2 is 2.32 bits per heavy atom. The zero-order valence-corrected chi connectivity index (χ0v) is 11.0. The lowest BCUT2D eigenvalue weighted by Crippen LogP contribution is -2.18. The second-order valence-electron chi connectivity index (χ2n) is 5.03. The number of nitrogens with zero attached hydrogens (tertiary/aromatic N) is 3. The Morgan fingerprint density at radius 3 is 3.11 bits per heavy atom. The molecule has 0 saturated heterocycles. The normalized spacial score (nSPS) is 19.6. The molecule has 2 unspecified atom stereocenters. The predicted molar refractivity (Wildman–Crippen MR) is 71.9 cm³/mol. The summed E-state index contributed by atoms with van der Waals surface area (Å²) < 4.78 is 7.55. The van der Waals surface area contributed by atoms with Crippen molar-refractivity contribution in [1.29, 1.82) is 0 Å². The average Bonchev–Trinajstić information content (AvgIpc) is 2.88. The van der Waals surface area contributed by atoms with E-state index < -0.39 is 0 Å². The molecule has 5 nitrogen and oxygen atoms in total. The SMILES string of the molecule is CC(N)c1cn(CC2CCOc3ccccc32)nn1. The Labute approximate surface area is 112 Å². The smallest absolute Gasteiger partial charge is 0.122 e. The number of aromatic nitrogens is 3. The predicted octanol–water partition coefficient (Wildman–Crippen LogP) is 1.86. The lowest BCUT2D eigenvalue weighted by atomic mass is 9.93. The number of ether oxygens (including phenoxy) is 1. The van der Waals surface area contributed by atoms with E-state index >= 15 is 0 Å². The molecule has 100 valence electrons. The van der Waals surface area contributed by atoms with Gasteiger partial charge in [0.25, 0.3) is 0 Å². The van der Waals surface area contributed by atoms with Crippen LogP contribution in [0.25, 0.3) is 0 Å². The van der Waals surface area contributed by atoms with E-state index in [-0.39, 0.29) is 6.04 Å². The third kappa shape index (κ3) is 2.46. The first-order chi connectivity index (χ1) is 9.24. The van der Waals surface area contributed by atoms with Gasteiger partial charge in [0.05, 0.1) is 18.5 Å². The summed E-state index contributed by atoms with van der Waals surface area (Å²) in [5.74, 6) is 1.42. The van der Waals surface area contributed by atoms with E-state index in [1.165, 1.54) is 5.56 Å². The van der Waals surface area contributed by atoms with Gasteiger partial charge in [-0.05, 0) is 25.0 Å². The molecular weight excluding hydrogens is 240 g/mol. The van der Waals surface area contributed by atoms with Gasteiger partial charge < -0.3 is 10.5 Å². The molecule has 0 spiro atoms. The third-order valence-electron chi connectivity index (χ3n) is 3.51. The van der Waals surface area contributed by atoms with Crippen molar-refractivity contribution in [2.75, 3.05) is 6.61 Å². The van der Waals surface area contributed by atoms with Gasteiger partial charge >= 0.3 is 0 Å². The topological polar surface area (TPSA) is 66.0 Å². The molecule has 1 aliphatic heterocycles. The minimum atomic E-state index is -0.0734. The van der Waals surface area contributed by atoms with Crippen LogP contribution >= 0.6 is 0 Å². The summed E-state index contributed by atoms with van der Waals surface area (Å²) in [5.41, 5.74) is 7.89. The molecular formula is C14H18N4O. The van der Waals surface area contributed by atoms with Crippen molar-refractivity contribution in [3.63, 3.8) is 0 Å². The number of para-hydroxylation sites is 1. The molecule has 1 aliphatic rings. The first kappa shape index (κ1) is 12.2. The summed E-state index contributed by atoms with van der Waals surface area (Å²) in [6.07, 6.45) is 2.94. The fraction of sp³-hybridized carbons (Fsp3) is 0.429. The zero-order valence-electron chi connectivity index (χ0n) is 11.0. The second kappa shape index (κ2) is 5.01. The number of benzene rings is 1. The molecule has 19 heavy (non-hydrogen) atoms. The Kier molecular flexibility index (Phi) is 3.21. The van der Waals surface area contributed by atoms with Crippen LogP contribution in [-0.4, -0.2) is 21.6 Å². The Bertz CT molecular complexity index is 564. The molecule has 0 amide bonds. The van der Waals surface area contributed by atoms with Crippen LogP contribution < -0.4 is 10.5 Å². The van der Waals surface area contributed by atoms with Crippen molar-refractivity contribution in [3.05, 3.63) is 41.7 Å². The fourth-order valence-electron chi connectivity index (χ4n) is 2.44. The molecule has 2 atom stereocenters. The van der Waals surface area contributed by atoms with Crippen LogP contribution in [0, 0.1) is 0 Å². The minimum absolute atomic E-state index is 0.0734. The number of fused-ring (bicyclic) bond motifs is 1. The average molecular weight is 258 g/mol. The van der Waals surface area contributed by atoms with Gasteiger partial charge in [0.1, 0.15) is 5.75 Å². The summed E-state index contributed by atoms with van der Waals surface area (Å²) >= 11 is 0. The fourth-order valence-corrected chi connectivity index (χ4v) is 2.44. The van der Waals surface area contributed by atoms with Crippen LogP contribution in [0.3, 0.4) is 0 Å². The number of nitrogens with two attached hydrogens (primary N) is 1. The Hall–Kier alpha value is -1.88. The molecule has 0 radical (unpaired) electrons. The summed E-state index contributed by atoms with van der Waals surface area (Å²) in [6.45, 7) is 3.49. The number of rotatable bonds is 3. The Morgan fingerprint density at radius 1 is 1.47 bits per heavy atom. The van der Waals surface area contributed by atoms with E-state index in [0.29, 0.717) is 5.92 Å². The van der Waals surface area contributed by atoms with Gasteiger partial charge in [-0.15, -0.1) is 5.10 Å². The van der Waals surface area contributed by atoms with Crippen molar-refractivity contribution >= 4 is 0 Å². The maximum atomic E-state index is 5.80. The van der Waals surface area contributed by atoms with Gasteiger partial charge in [-0.25, -0.2) is 0 Å². The van der Waals surface area contributed by atoms with Crippen LogP contribution in [0.2, 0.25) is 0 Å². The van der Waals surface area contributed by atoms with E-state index in [4.69, 9.17) is 10.5 Å². The highest BCUT2D eigenvalue weighted by Crippen LogP contribution is 2.34. The maximum Gasteiger partial charge on any atom is 0.122 e. The minimum Gasteiger partial charge on any atom is -0.493 e. The standard InChI is InChI=1S/C14H18N4O/c1-10(15)13-9-18(17-16-13)8-11-6-7-19-14-5-3-2-4-12(11)14/h2-5,9-11H,6-8,15H2,1H3. The van der Waals surface area contributed by atoms with E-state index in [9.17, 15) is 0 Å². The molecule has 0 fully saturated rings. The highest BCUT2D eigenvalue weighted by molar-refractivity contribution is 5.37. The number of hydrogen-bond acceptors (Lipinski definition) is 4. The van der Waals surface area contributed by atoms with Gasteiger partial charge in [0.2, 0.25) is 0 Å². The van der Waals surface area contributed by atoms with Gasteiger partial charge in [0.15, 0.2) is 0 Å². The lowest BCUT2D eigenvalue weighted by Gasteiger charge is -2.25. The quantitative estimate of drug-likeness (QED) is 0.912. The summed E-state index contributed by atoms with van der Waals surface area (Å²) in [7, 11) is 0. The molecule has 0 saturated carbocycles. The summed E-state index contributed by atoms with van der Waals surface area (Å²) in [5, 5.41) is 8.24. The molecule has 2 aromatic rings. The molecule has 5 heteroatoms. The first-order valence-corrected chi connectivity index (χ1v) is 6.61. The molecule has 2 N–H and O–H groups in total. The monoisotopic (exact) mass is 258 g/mol. The third-order valence-corrected chi connectivity index (χ3v) is 3.51. The molecule has 1 aromatic carbocycles. The van der Waals surface area contributed by atoms with Gasteiger partial charge in [-0.3, -0.25) is 4.68 Å². The zero-order chi connectivity index (χ0) is 13.2. The van der Waals surface area contributed by atoms with Crippen LogP contribution in [0.15, 0.2) is 30.5 Å². The maximum absolute atomic E-state index is 5.80. The van der Waals surface area contributed by atoms with Crippen LogP contribution in [0.4, 0.5) is 0 Å². The number of hydrogen-bond donors (Lipinski definition) is 1. The largest absolute Gasteiger partial charge is 0.493 e. The van der Waals surface area contributed by atoms with Gasteiger partial charge in [-0.1, -0.05) is 23.4 Å². The molecule has 2 heterocycles. The van der Waals surface area contributed by atoms with E-state index in [1.54, 1.807) is 0 Å². The lowest BCUT2D eigenvalue weighted by molar-refractivity contribution is 0.256. The van der Waals surface area contributed by atoms with Crippen LogP contribution in [-0.2, 0) is 6.54 Å².